The van der Waals surface area contributed by atoms with Crippen molar-refractivity contribution in [3.8, 4) is 0 Å². The Morgan fingerprint density at radius 3 is 2.28 bits per heavy atom. The maximum Gasteiger partial charge on any atom is 0.243 e. The van der Waals surface area contributed by atoms with Crippen LogP contribution in [0.4, 0.5) is 0 Å². The van der Waals surface area contributed by atoms with Crippen molar-refractivity contribution in [1.29, 1.82) is 0 Å². The molecule has 18 heavy (non-hydrogen) atoms. The van der Waals surface area contributed by atoms with Crippen LogP contribution in [0.3, 0.4) is 0 Å². The monoisotopic (exact) mass is 250 g/mol. The summed E-state index contributed by atoms with van der Waals surface area (Å²) in [5.41, 5.74) is -0.322. The maximum atomic E-state index is 12.6. The summed E-state index contributed by atoms with van der Waals surface area (Å²) in [6, 6.07) is 0. The Morgan fingerprint density at radius 2 is 1.89 bits per heavy atom. The van der Waals surface area contributed by atoms with E-state index < -0.39 is 0 Å². The molecular formula is C15H26N2O. The van der Waals surface area contributed by atoms with Gasteiger partial charge >= 0.3 is 0 Å². The topological polar surface area (TPSA) is 32.3 Å². The smallest absolute Gasteiger partial charge is 0.243 e. The Kier molecular flexibility index (Phi) is 2.92. The number of carbonyl (C=O) groups excluding carboxylic acids is 1. The van der Waals surface area contributed by atoms with Crippen LogP contribution in [0.2, 0.25) is 0 Å². The molecule has 3 aliphatic rings. The highest BCUT2D eigenvalue weighted by molar-refractivity contribution is 5.88. The van der Waals surface area contributed by atoms with E-state index in [-0.39, 0.29) is 11.7 Å². The normalized spacial score (nSPS) is 36.8. The van der Waals surface area contributed by atoms with E-state index in [0.717, 1.165) is 30.7 Å². The second-order valence-corrected chi connectivity index (χ2v) is 6.80. The second-order valence-electron chi connectivity index (χ2n) is 6.80. The van der Waals surface area contributed by atoms with E-state index in [1.54, 1.807) is 0 Å². The fourth-order valence-corrected chi connectivity index (χ4v) is 3.55. The van der Waals surface area contributed by atoms with Crippen LogP contribution in [0.5, 0.6) is 0 Å². The van der Waals surface area contributed by atoms with Gasteiger partial charge in [0.15, 0.2) is 0 Å². The molecule has 0 radical (unpaired) electrons. The van der Waals surface area contributed by atoms with E-state index >= 15 is 0 Å². The molecule has 0 aromatic heterocycles. The molecule has 3 rings (SSSR count). The molecule has 0 bridgehead atoms. The summed E-state index contributed by atoms with van der Waals surface area (Å²) in [4.78, 5) is 14.7. The van der Waals surface area contributed by atoms with Crippen molar-refractivity contribution >= 4 is 5.91 Å². The molecule has 3 nitrogen and oxygen atoms in total. The van der Waals surface area contributed by atoms with Gasteiger partial charge in [0.25, 0.3) is 0 Å². The lowest BCUT2D eigenvalue weighted by Gasteiger charge is -2.27. The first-order chi connectivity index (χ1) is 8.55. The van der Waals surface area contributed by atoms with Crippen molar-refractivity contribution in [3.63, 3.8) is 0 Å². The highest BCUT2D eigenvalue weighted by atomic mass is 16.2. The minimum atomic E-state index is -0.322. The van der Waals surface area contributed by atoms with E-state index in [1.165, 1.54) is 25.7 Å². The molecule has 1 amide bonds. The Balaban J connectivity index is 1.69. The van der Waals surface area contributed by atoms with E-state index in [4.69, 9.17) is 0 Å². The molecule has 1 N–H and O–H groups in total. The minimum Gasteiger partial charge on any atom is -0.326 e. The van der Waals surface area contributed by atoms with Gasteiger partial charge in [0.1, 0.15) is 0 Å². The third kappa shape index (κ3) is 2.07. The SMILES string of the molecule is CCC1(C)NC(C)N(CC(C2CC2)C2CC2)C1=O. The summed E-state index contributed by atoms with van der Waals surface area (Å²) >= 11 is 0. The lowest BCUT2D eigenvalue weighted by atomic mass is 9.95. The Bertz CT molecular complexity index is 336. The lowest BCUT2D eigenvalue weighted by molar-refractivity contribution is -0.133. The summed E-state index contributed by atoms with van der Waals surface area (Å²) in [6.07, 6.45) is 6.69. The molecule has 3 heteroatoms. The van der Waals surface area contributed by atoms with Crippen LogP contribution >= 0.6 is 0 Å². The summed E-state index contributed by atoms with van der Waals surface area (Å²) < 4.78 is 0. The average Bonchev–Trinajstić information content (AvgIpc) is 3.21. The van der Waals surface area contributed by atoms with Gasteiger partial charge in [-0.2, -0.15) is 0 Å². The lowest BCUT2D eigenvalue weighted by Crippen LogP contribution is -2.43. The molecule has 2 unspecified atom stereocenters. The number of carbonyl (C=O) groups is 1. The van der Waals surface area contributed by atoms with Crippen molar-refractivity contribution in [2.24, 2.45) is 17.8 Å². The molecule has 2 saturated carbocycles. The first kappa shape index (κ1) is 12.5. The molecule has 2 aliphatic carbocycles. The van der Waals surface area contributed by atoms with Gasteiger partial charge in [0.05, 0.1) is 11.7 Å². The van der Waals surface area contributed by atoms with Gasteiger partial charge in [0.2, 0.25) is 5.91 Å². The van der Waals surface area contributed by atoms with Gasteiger partial charge in [-0.15, -0.1) is 0 Å². The number of nitrogens with one attached hydrogen (secondary N) is 1. The van der Waals surface area contributed by atoms with Crippen LogP contribution in [0.15, 0.2) is 0 Å². The highest BCUT2D eigenvalue weighted by Gasteiger charge is 2.49. The van der Waals surface area contributed by atoms with Crippen LogP contribution in [0.25, 0.3) is 0 Å². The quantitative estimate of drug-likeness (QED) is 0.812. The molecule has 3 fully saturated rings. The predicted octanol–water partition coefficient (Wildman–Crippen LogP) is 2.37. The minimum absolute atomic E-state index is 0.211. The molecule has 1 heterocycles. The summed E-state index contributed by atoms with van der Waals surface area (Å²) in [7, 11) is 0. The van der Waals surface area contributed by atoms with Gasteiger partial charge < -0.3 is 4.90 Å². The van der Waals surface area contributed by atoms with Crippen LogP contribution in [0, 0.1) is 17.8 Å². The van der Waals surface area contributed by atoms with Crippen LogP contribution in [0.1, 0.15) is 52.9 Å². The molecular weight excluding hydrogens is 224 g/mol. The number of nitrogens with zero attached hydrogens (tertiary/aromatic N) is 1. The molecule has 1 aliphatic heterocycles. The molecule has 2 atom stereocenters. The molecule has 0 aromatic carbocycles. The zero-order chi connectivity index (χ0) is 12.9. The third-order valence-electron chi connectivity index (χ3n) is 5.30. The number of hydrogen-bond acceptors (Lipinski definition) is 2. The summed E-state index contributed by atoms with van der Waals surface area (Å²) in [5, 5.41) is 3.48. The van der Waals surface area contributed by atoms with Crippen molar-refractivity contribution in [2.75, 3.05) is 6.54 Å². The number of amides is 1. The standard InChI is InChI=1S/C15H26N2O/c1-4-15(3)14(18)17(10(2)16-15)9-13(11-5-6-11)12-7-8-12/h10-13,16H,4-9H2,1-3H3. The van der Waals surface area contributed by atoms with E-state index in [0.29, 0.717) is 5.91 Å². The predicted molar refractivity (Wildman–Crippen MR) is 71.9 cm³/mol. The second kappa shape index (κ2) is 4.22. The van der Waals surface area contributed by atoms with Gasteiger partial charge in [-0.25, -0.2) is 0 Å². The number of hydrogen-bond donors (Lipinski definition) is 1. The highest BCUT2D eigenvalue weighted by Crippen LogP contribution is 2.49. The van der Waals surface area contributed by atoms with E-state index in [2.05, 4.69) is 31.0 Å². The summed E-state index contributed by atoms with van der Waals surface area (Å²) in [6.45, 7) is 7.28. The zero-order valence-electron chi connectivity index (χ0n) is 11.9. The van der Waals surface area contributed by atoms with E-state index in [9.17, 15) is 4.79 Å². The van der Waals surface area contributed by atoms with Crippen molar-refractivity contribution < 1.29 is 4.79 Å². The van der Waals surface area contributed by atoms with Crippen molar-refractivity contribution in [2.45, 2.75) is 64.6 Å². The van der Waals surface area contributed by atoms with Gasteiger partial charge in [-0.05, 0) is 63.7 Å². The number of rotatable bonds is 5. The van der Waals surface area contributed by atoms with Gasteiger partial charge in [-0.1, -0.05) is 6.92 Å². The molecule has 0 aromatic rings. The molecule has 0 spiro atoms. The van der Waals surface area contributed by atoms with Crippen LogP contribution in [-0.2, 0) is 4.79 Å². The molecule has 1 saturated heterocycles. The third-order valence-corrected chi connectivity index (χ3v) is 5.30. The molecule has 102 valence electrons. The van der Waals surface area contributed by atoms with Crippen molar-refractivity contribution in [1.82, 2.24) is 10.2 Å². The first-order valence-corrected chi connectivity index (χ1v) is 7.64. The van der Waals surface area contributed by atoms with E-state index in [1.807, 2.05) is 0 Å². The Morgan fingerprint density at radius 1 is 1.33 bits per heavy atom. The van der Waals surface area contributed by atoms with Gasteiger partial charge in [-0.3, -0.25) is 10.1 Å². The zero-order valence-corrected chi connectivity index (χ0v) is 11.9. The van der Waals surface area contributed by atoms with Crippen LogP contribution in [-0.4, -0.2) is 29.1 Å². The van der Waals surface area contributed by atoms with Crippen molar-refractivity contribution in [3.05, 3.63) is 0 Å². The Hall–Kier alpha value is -0.570. The summed E-state index contributed by atoms with van der Waals surface area (Å²) in [5.74, 6) is 2.96. The average molecular weight is 250 g/mol. The maximum absolute atomic E-state index is 12.6. The fraction of sp³-hybridized carbons (Fsp3) is 0.933. The first-order valence-electron chi connectivity index (χ1n) is 7.64. The van der Waals surface area contributed by atoms with Crippen LogP contribution < -0.4 is 5.32 Å². The largest absolute Gasteiger partial charge is 0.326 e. The van der Waals surface area contributed by atoms with Gasteiger partial charge in [0, 0.05) is 6.54 Å². The Labute approximate surface area is 110 Å². The fourth-order valence-electron chi connectivity index (χ4n) is 3.55.